The molecule has 0 aliphatic rings. The average Bonchev–Trinajstić information content (AvgIpc) is 1.56. The molecule has 0 atom stereocenters. The summed E-state index contributed by atoms with van der Waals surface area (Å²) >= 11 is 0. The van der Waals surface area contributed by atoms with E-state index >= 15 is 0 Å². The summed E-state index contributed by atoms with van der Waals surface area (Å²) in [6.45, 7) is 2.03. The number of rotatable bonds is 1. The van der Waals surface area contributed by atoms with Gasteiger partial charge in [0.05, 0.1) is 0 Å². The molecule has 0 spiro atoms. The zero-order valence-electron chi connectivity index (χ0n) is 7.29. The van der Waals surface area contributed by atoms with E-state index in [0.29, 0.717) is 11.5 Å². The molecule has 0 radical (unpaired) electrons. The Morgan fingerprint density at radius 1 is 1.18 bits per heavy atom. The molecule has 0 unspecified atom stereocenters. The Morgan fingerprint density at radius 3 is 1.64 bits per heavy atom. The highest BCUT2D eigenvalue weighted by Gasteiger charge is 2.22. The van der Waals surface area contributed by atoms with Crippen LogP contribution >= 0.6 is 0 Å². The van der Waals surface area contributed by atoms with Crippen LogP contribution in [0.2, 0.25) is 0 Å². The van der Waals surface area contributed by atoms with Gasteiger partial charge < -0.3 is 12.9 Å². The van der Waals surface area contributed by atoms with Crippen molar-refractivity contribution in [3.05, 3.63) is 11.5 Å². The monoisotopic (exact) mass is 165 g/mol. The Balaban J connectivity index is 4.49. The zero-order chi connectivity index (χ0) is 9.28. The Labute approximate surface area is 65.5 Å². The first-order chi connectivity index (χ1) is 4.63. The van der Waals surface area contributed by atoms with E-state index in [2.05, 4.69) is 0 Å². The van der Waals surface area contributed by atoms with E-state index in [9.17, 15) is 12.9 Å². The molecule has 0 fully saturated rings. The van der Waals surface area contributed by atoms with Gasteiger partial charge in [0.25, 0.3) is 0 Å². The lowest BCUT2D eigenvalue weighted by Crippen LogP contribution is -2.16. The Morgan fingerprint density at radius 2 is 1.55 bits per heavy atom. The summed E-state index contributed by atoms with van der Waals surface area (Å²) in [5, 5.41) is 0. The van der Waals surface area contributed by atoms with Crippen molar-refractivity contribution in [1.82, 2.24) is 0 Å². The summed E-state index contributed by atoms with van der Waals surface area (Å²) < 4.78 is 35.5. The second kappa shape index (κ2) is 2.91. The van der Waals surface area contributed by atoms with Gasteiger partial charge in [0.1, 0.15) is 0 Å². The first-order valence-electron chi connectivity index (χ1n) is 3.53. The van der Waals surface area contributed by atoms with Gasteiger partial charge in [-0.2, -0.15) is 0 Å². The van der Waals surface area contributed by atoms with E-state index in [4.69, 9.17) is 0 Å². The van der Waals surface area contributed by atoms with E-state index in [1.807, 2.05) is 0 Å². The smallest absolute Gasteiger partial charge is 0.445 e. The quantitative estimate of drug-likeness (QED) is 0.522. The Kier molecular flexibility index (Phi) is 2.81. The maximum absolute atomic E-state index is 11.8. The van der Waals surface area contributed by atoms with Crippen LogP contribution in [0.15, 0.2) is 11.5 Å². The van der Waals surface area contributed by atoms with Crippen molar-refractivity contribution >= 4 is 6.98 Å². The van der Waals surface area contributed by atoms with E-state index in [0.717, 1.165) is 0 Å². The first-order valence-corrected chi connectivity index (χ1v) is 3.53. The second-order valence-electron chi connectivity index (χ2n) is 3.73. The summed E-state index contributed by atoms with van der Waals surface area (Å²) in [7, 11) is 0. The molecule has 11 heavy (non-hydrogen) atoms. The molecule has 0 saturated heterocycles. The Hall–Kier alpha value is -0.405. The molecule has 0 saturated carbocycles. The summed E-state index contributed by atoms with van der Waals surface area (Å²) in [5.74, 6) is 0.417. The molecule has 0 N–H and O–H groups in total. The highest BCUT2D eigenvalue weighted by molar-refractivity contribution is 6.64. The minimum Gasteiger partial charge on any atom is -0.445 e. The fourth-order valence-electron chi connectivity index (χ4n) is 0.533. The Bertz CT molecular complexity index is 162. The van der Waals surface area contributed by atoms with Gasteiger partial charge in [-0.3, -0.25) is 0 Å². The van der Waals surface area contributed by atoms with Crippen molar-refractivity contribution in [1.29, 1.82) is 0 Å². The second-order valence-corrected chi connectivity index (χ2v) is 3.73. The highest BCUT2D eigenvalue weighted by atomic mass is 19.4. The van der Waals surface area contributed by atoms with Gasteiger partial charge in [-0.15, -0.1) is 11.5 Å². The summed E-state index contributed by atoms with van der Waals surface area (Å²) in [6.07, 6.45) is 0. The standard InChI is InChI=1S/C7H13BF3/c1-6(7(2,3)4)5-8(9,10)11/h5H,1-4H3/q-1/b6-5+. The predicted molar refractivity (Wildman–Crippen MR) is 42.3 cm³/mol. The third kappa shape index (κ3) is 4.93. The third-order valence-corrected chi connectivity index (χ3v) is 1.62. The van der Waals surface area contributed by atoms with Gasteiger partial charge in [0, 0.05) is 0 Å². The molecule has 0 aliphatic carbocycles. The van der Waals surface area contributed by atoms with Crippen molar-refractivity contribution in [2.24, 2.45) is 5.41 Å². The molecule has 4 heteroatoms. The van der Waals surface area contributed by atoms with Crippen LogP contribution in [0.25, 0.3) is 0 Å². The topological polar surface area (TPSA) is 0 Å². The van der Waals surface area contributed by atoms with E-state index in [1.165, 1.54) is 6.92 Å². The lowest BCUT2D eigenvalue weighted by Gasteiger charge is -2.22. The van der Waals surface area contributed by atoms with Gasteiger partial charge >= 0.3 is 6.98 Å². The van der Waals surface area contributed by atoms with Gasteiger partial charge in [0.2, 0.25) is 0 Å². The zero-order valence-corrected chi connectivity index (χ0v) is 7.29. The fraction of sp³-hybridized carbons (Fsp3) is 0.714. The molecule has 0 aromatic rings. The van der Waals surface area contributed by atoms with Crippen LogP contribution in [-0.4, -0.2) is 6.98 Å². The minimum atomic E-state index is -4.77. The lowest BCUT2D eigenvalue weighted by molar-refractivity contribution is 0.478. The van der Waals surface area contributed by atoms with Crippen LogP contribution in [0.1, 0.15) is 27.7 Å². The fourth-order valence-corrected chi connectivity index (χ4v) is 0.533. The third-order valence-electron chi connectivity index (χ3n) is 1.62. The minimum absolute atomic E-state index is 0.378. The van der Waals surface area contributed by atoms with Crippen molar-refractivity contribution in [2.45, 2.75) is 27.7 Å². The van der Waals surface area contributed by atoms with Gasteiger partial charge in [-0.25, -0.2) is 0 Å². The molecule has 0 amide bonds. The number of hydrogen-bond donors (Lipinski definition) is 0. The van der Waals surface area contributed by atoms with Crippen molar-refractivity contribution in [3.8, 4) is 0 Å². The van der Waals surface area contributed by atoms with Crippen LogP contribution < -0.4 is 0 Å². The van der Waals surface area contributed by atoms with Gasteiger partial charge in [-0.05, 0) is 12.3 Å². The molecule has 0 aliphatic heterocycles. The van der Waals surface area contributed by atoms with E-state index < -0.39 is 6.98 Å². The lowest BCUT2D eigenvalue weighted by atomic mass is 9.79. The molecule has 0 nitrogen and oxygen atoms in total. The van der Waals surface area contributed by atoms with Crippen molar-refractivity contribution in [2.75, 3.05) is 0 Å². The molecule has 0 aromatic carbocycles. The maximum atomic E-state index is 11.8. The normalized spacial score (nSPS) is 15.4. The average molecular weight is 165 g/mol. The molecular formula is C7H13BF3-. The molecule has 0 aromatic heterocycles. The number of halogens is 3. The van der Waals surface area contributed by atoms with Crippen LogP contribution in [0, 0.1) is 5.41 Å². The summed E-state index contributed by atoms with van der Waals surface area (Å²) in [6, 6.07) is 0. The van der Waals surface area contributed by atoms with E-state index in [-0.39, 0.29) is 5.41 Å². The summed E-state index contributed by atoms with van der Waals surface area (Å²) in [5.41, 5.74) is 0.00192. The van der Waals surface area contributed by atoms with E-state index in [1.54, 1.807) is 20.8 Å². The molecule has 0 bridgehead atoms. The van der Waals surface area contributed by atoms with Crippen molar-refractivity contribution < 1.29 is 12.9 Å². The van der Waals surface area contributed by atoms with Gasteiger partial charge in [0.15, 0.2) is 0 Å². The van der Waals surface area contributed by atoms with Crippen molar-refractivity contribution in [3.63, 3.8) is 0 Å². The van der Waals surface area contributed by atoms with Gasteiger partial charge in [-0.1, -0.05) is 20.8 Å². The van der Waals surface area contributed by atoms with Crippen LogP contribution in [0.4, 0.5) is 12.9 Å². The SMILES string of the molecule is C/C(=C\[B-](F)(F)F)C(C)(C)C. The molecule has 0 heterocycles. The summed E-state index contributed by atoms with van der Waals surface area (Å²) in [4.78, 5) is 0. The highest BCUT2D eigenvalue weighted by Crippen LogP contribution is 2.27. The number of hydrogen-bond acceptors (Lipinski definition) is 0. The molecule has 0 rings (SSSR count). The maximum Gasteiger partial charge on any atom is 0.502 e. The predicted octanol–water partition coefficient (Wildman–Crippen LogP) is 3.37. The molecule has 66 valence electrons. The number of allylic oxidation sites excluding steroid dienone is 1. The largest absolute Gasteiger partial charge is 0.502 e. The van der Waals surface area contributed by atoms with Crippen LogP contribution in [0.3, 0.4) is 0 Å². The molecular weight excluding hydrogens is 152 g/mol. The first kappa shape index (κ1) is 10.6. The van der Waals surface area contributed by atoms with Crippen LogP contribution in [0.5, 0.6) is 0 Å². The van der Waals surface area contributed by atoms with Crippen LogP contribution in [-0.2, 0) is 0 Å².